The number of benzene rings is 1. The second-order valence-electron chi connectivity index (χ2n) is 5.31. The van der Waals surface area contributed by atoms with Crippen LogP contribution in [-0.2, 0) is 4.79 Å². The van der Waals surface area contributed by atoms with Gasteiger partial charge in [-0.15, -0.1) is 0 Å². The zero-order valence-corrected chi connectivity index (χ0v) is 11.3. The van der Waals surface area contributed by atoms with Gasteiger partial charge >= 0.3 is 0 Å². The van der Waals surface area contributed by atoms with Crippen LogP contribution in [0.1, 0.15) is 24.8 Å². The smallest absolute Gasteiger partial charge is 0.224 e. The molecule has 18 heavy (non-hydrogen) atoms. The van der Waals surface area contributed by atoms with Crippen LogP contribution < -0.4 is 5.32 Å². The summed E-state index contributed by atoms with van der Waals surface area (Å²) in [4.78, 5) is 14.3. The fourth-order valence-electron chi connectivity index (χ4n) is 2.44. The first-order valence-corrected chi connectivity index (χ1v) is 6.69. The highest BCUT2D eigenvalue weighted by molar-refractivity contribution is 5.91. The van der Waals surface area contributed by atoms with E-state index in [1.807, 2.05) is 31.2 Å². The number of rotatable bonds is 3. The predicted octanol–water partition coefficient (Wildman–Crippen LogP) is 2.67. The third kappa shape index (κ3) is 3.57. The molecular formula is C15H22N2O. The molecule has 1 aromatic rings. The number of hydrogen-bond acceptors (Lipinski definition) is 2. The molecule has 1 amide bonds. The SMILES string of the molecule is Cc1ccccc1NC(=O)CC1CCN(C)CC1. The molecule has 0 bridgehead atoms. The van der Waals surface area contributed by atoms with Crippen LogP contribution in [0.15, 0.2) is 24.3 Å². The number of likely N-dealkylation sites (tertiary alicyclic amines) is 1. The molecule has 1 aromatic carbocycles. The predicted molar refractivity (Wildman–Crippen MR) is 74.6 cm³/mol. The van der Waals surface area contributed by atoms with E-state index in [9.17, 15) is 4.79 Å². The van der Waals surface area contributed by atoms with E-state index in [4.69, 9.17) is 0 Å². The van der Waals surface area contributed by atoms with Gasteiger partial charge in [0, 0.05) is 12.1 Å². The maximum Gasteiger partial charge on any atom is 0.224 e. The topological polar surface area (TPSA) is 32.3 Å². The number of nitrogens with one attached hydrogen (secondary N) is 1. The van der Waals surface area contributed by atoms with Gasteiger partial charge in [0.05, 0.1) is 0 Å². The average molecular weight is 246 g/mol. The van der Waals surface area contributed by atoms with E-state index in [1.165, 1.54) is 0 Å². The summed E-state index contributed by atoms with van der Waals surface area (Å²) in [6, 6.07) is 7.92. The number of para-hydroxylation sites is 1. The Kier molecular flexibility index (Phi) is 4.37. The van der Waals surface area contributed by atoms with E-state index in [2.05, 4.69) is 17.3 Å². The van der Waals surface area contributed by atoms with Crippen LogP contribution in [0.4, 0.5) is 5.69 Å². The molecule has 0 aromatic heterocycles. The molecule has 0 spiro atoms. The van der Waals surface area contributed by atoms with Gasteiger partial charge in [-0.2, -0.15) is 0 Å². The molecule has 0 atom stereocenters. The van der Waals surface area contributed by atoms with E-state index >= 15 is 0 Å². The first-order chi connectivity index (χ1) is 8.65. The minimum atomic E-state index is 0.152. The van der Waals surface area contributed by atoms with Crippen molar-refractivity contribution in [3.8, 4) is 0 Å². The van der Waals surface area contributed by atoms with Crippen molar-refractivity contribution < 1.29 is 4.79 Å². The number of hydrogen-bond donors (Lipinski definition) is 1. The van der Waals surface area contributed by atoms with E-state index < -0.39 is 0 Å². The number of carbonyl (C=O) groups excluding carboxylic acids is 1. The quantitative estimate of drug-likeness (QED) is 0.889. The standard InChI is InChI=1S/C15H22N2O/c1-12-5-3-4-6-14(12)16-15(18)11-13-7-9-17(2)10-8-13/h3-6,13H,7-11H2,1-2H3,(H,16,18). The zero-order chi connectivity index (χ0) is 13.0. The van der Waals surface area contributed by atoms with Crippen LogP contribution in [-0.4, -0.2) is 30.9 Å². The number of amides is 1. The van der Waals surface area contributed by atoms with Gasteiger partial charge in [0.15, 0.2) is 0 Å². The Labute approximate surface area is 109 Å². The molecule has 1 aliphatic heterocycles. The van der Waals surface area contributed by atoms with E-state index in [0.29, 0.717) is 12.3 Å². The van der Waals surface area contributed by atoms with Crippen molar-refractivity contribution >= 4 is 11.6 Å². The average Bonchev–Trinajstić information content (AvgIpc) is 2.35. The van der Waals surface area contributed by atoms with E-state index in [-0.39, 0.29) is 5.91 Å². The molecule has 2 rings (SSSR count). The summed E-state index contributed by atoms with van der Waals surface area (Å²) < 4.78 is 0. The van der Waals surface area contributed by atoms with Gasteiger partial charge in [-0.3, -0.25) is 4.79 Å². The zero-order valence-electron chi connectivity index (χ0n) is 11.3. The van der Waals surface area contributed by atoms with Gasteiger partial charge in [-0.25, -0.2) is 0 Å². The van der Waals surface area contributed by atoms with Gasteiger partial charge < -0.3 is 10.2 Å². The van der Waals surface area contributed by atoms with Crippen LogP contribution in [0.3, 0.4) is 0 Å². The summed E-state index contributed by atoms with van der Waals surface area (Å²) in [7, 11) is 2.14. The molecule has 98 valence electrons. The Hall–Kier alpha value is -1.35. The fourth-order valence-corrected chi connectivity index (χ4v) is 2.44. The Bertz CT molecular complexity index is 409. The van der Waals surface area contributed by atoms with Gasteiger partial charge in [0.1, 0.15) is 0 Å². The van der Waals surface area contributed by atoms with Crippen molar-refractivity contribution in [1.82, 2.24) is 4.90 Å². The van der Waals surface area contributed by atoms with Crippen molar-refractivity contribution in [3.05, 3.63) is 29.8 Å². The Morgan fingerprint density at radius 3 is 2.67 bits per heavy atom. The molecule has 0 saturated carbocycles. The monoisotopic (exact) mass is 246 g/mol. The summed E-state index contributed by atoms with van der Waals surface area (Å²) in [6.45, 7) is 4.25. The van der Waals surface area contributed by atoms with Crippen molar-refractivity contribution in [1.29, 1.82) is 0 Å². The van der Waals surface area contributed by atoms with Crippen LogP contribution in [0.5, 0.6) is 0 Å². The third-order valence-electron chi connectivity index (χ3n) is 3.73. The Balaban J connectivity index is 1.84. The molecule has 1 fully saturated rings. The lowest BCUT2D eigenvalue weighted by Gasteiger charge is -2.28. The first-order valence-electron chi connectivity index (χ1n) is 6.69. The lowest BCUT2D eigenvalue weighted by molar-refractivity contribution is -0.117. The maximum absolute atomic E-state index is 12.0. The summed E-state index contributed by atoms with van der Waals surface area (Å²) in [5.41, 5.74) is 2.06. The minimum Gasteiger partial charge on any atom is -0.326 e. The van der Waals surface area contributed by atoms with Gasteiger partial charge in [-0.1, -0.05) is 18.2 Å². The number of piperidine rings is 1. The fraction of sp³-hybridized carbons (Fsp3) is 0.533. The maximum atomic E-state index is 12.0. The largest absolute Gasteiger partial charge is 0.326 e. The summed E-state index contributed by atoms with van der Waals surface area (Å²) in [5.74, 6) is 0.698. The molecule has 3 heteroatoms. The second kappa shape index (κ2) is 6.01. The number of anilines is 1. The molecule has 1 aliphatic rings. The highest BCUT2D eigenvalue weighted by Crippen LogP contribution is 2.21. The van der Waals surface area contributed by atoms with Crippen LogP contribution in [0, 0.1) is 12.8 Å². The van der Waals surface area contributed by atoms with Crippen LogP contribution in [0.25, 0.3) is 0 Å². The second-order valence-corrected chi connectivity index (χ2v) is 5.31. The molecule has 0 unspecified atom stereocenters. The van der Waals surface area contributed by atoms with Crippen LogP contribution in [0.2, 0.25) is 0 Å². The normalized spacial score (nSPS) is 17.7. The lowest BCUT2D eigenvalue weighted by atomic mass is 9.93. The summed E-state index contributed by atoms with van der Waals surface area (Å²) >= 11 is 0. The lowest BCUT2D eigenvalue weighted by Crippen LogP contribution is -2.31. The van der Waals surface area contributed by atoms with E-state index in [0.717, 1.165) is 37.2 Å². The highest BCUT2D eigenvalue weighted by atomic mass is 16.1. The minimum absolute atomic E-state index is 0.152. The molecule has 0 aliphatic carbocycles. The molecule has 0 radical (unpaired) electrons. The molecule has 1 heterocycles. The third-order valence-corrected chi connectivity index (χ3v) is 3.73. The first kappa shape index (κ1) is 13.1. The van der Waals surface area contributed by atoms with Gasteiger partial charge in [0.25, 0.3) is 0 Å². The van der Waals surface area contributed by atoms with Gasteiger partial charge in [-0.05, 0) is 57.5 Å². The number of aryl methyl sites for hydroxylation is 1. The van der Waals surface area contributed by atoms with Crippen molar-refractivity contribution in [2.75, 3.05) is 25.5 Å². The molecular weight excluding hydrogens is 224 g/mol. The van der Waals surface area contributed by atoms with Crippen molar-refractivity contribution in [2.24, 2.45) is 5.92 Å². The highest BCUT2D eigenvalue weighted by Gasteiger charge is 2.19. The molecule has 1 N–H and O–H groups in total. The van der Waals surface area contributed by atoms with Crippen molar-refractivity contribution in [2.45, 2.75) is 26.2 Å². The summed E-state index contributed by atoms with van der Waals surface area (Å²) in [5, 5.41) is 3.02. The van der Waals surface area contributed by atoms with Gasteiger partial charge in [0.2, 0.25) is 5.91 Å². The molecule has 1 saturated heterocycles. The Morgan fingerprint density at radius 1 is 1.33 bits per heavy atom. The Morgan fingerprint density at radius 2 is 2.00 bits per heavy atom. The summed E-state index contributed by atoms with van der Waals surface area (Å²) in [6.07, 6.45) is 2.93. The molecule has 3 nitrogen and oxygen atoms in total. The van der Waals surface area contributed by atoms with Crippen LogP contribution >= 0.6 is 0 Å². The number of carbonyl (C=O) groups is 1. The van der Waals surface area contributed by atoms with Crippen molar-refractivity contribution in [3.63, 3.8) is 0 Å². The van der Waals surface area contributed by atoms with E-state index in [1.54, 1.807) is 0 Å². The number of nitrogens with zero attached hydrogens (tertiary/aromatic N) is 1.